The van der Waals surface area contributed by atoms with Crippen LogP contribution in [0.5, 0.6) is 0 Å². The maximum absolute atomic E-state index is 15.1. The third-order valence-electron chi connectivity index (χ3n) is 6.83. The minimum atomic E-state index is -3.58. The number of nitrogens with zero attached hydrogens (tertiary/aromatic N) is 1. The molecule has 2 fully saturated rings. The number of piperidine rings is 1. The molecule has 182 valence electrons. The van der Waals surface area contributed by atoms with E-state index in [1.165, 1.54) is 29.2 Å². The average molecular weight is 511 g/mol. The van der Waals surface area contributed by atoms with Gasteiger partial charge in [0.05, 0.1) is 9.92 Å². The topological polar surface area (TPSA) is 97.5 Å². The summed E-state index contributed by atoms with van der Waals surface area (Å²) in [6.07, 6.45) is 3.72. The van der Waals surface area contributed by atoms with E-state index >= 15 is 4.39 Å². The number of benzene rings is 2. The van der Waals surface area contributed by atoms with Crippen molar-refractivity contribution in [3.05, 3.63) is 64.2 Å². The minimum absolute atomic E-state index is 0.0345. The van der Waals surface area contributed by atoms with Gasteiger partial charge in [0.15, 0.2) is 9.84 Å². The Balaban J connectivity index is 1.87. The standard InChI is InChI=1S/C24H25ClF2N2O4S/c1-34(32,33)16-6-4-5-15(11-16)22(30)29-10-3-2-9-24(29,23(28)31)21(14-7-8-14)17-12-20(27)18(25)13-19(17)26/h4-6,11-14,21H,2-3,7-10H2,1H3,(H2,28,31)/t21-,24?/m1/s1. The smallest absolute Gasteiger partial charge is 0.254 e. The van der Waals surface area contributed by atoms with Gasteiger partial charge >= 0.3 is 0 Å². The van der Waals surface area contributed by atoms with Gasteiger partial charge in [0, 0.05) is 24.3 Å². The van der Waals surface area contributed by atoms with Crippen LogP contribution in [0.1, 0.15) is 53.9 Å². The third-order valence-corrected chi connectivity index (χ3v) is 8.23. The lowest BCUT2D eigenvalue weighted by molar-refractivity contribution is -0.133. The van der Waals surface area contributed by atoms with Crippen molar-refractivity contribution >= 4 is 33.3 Å². The SMILES string of the molecule is CS(=O)(=O)c1cccc(C(=O)N2CCCCC2(C(N)=O)[C@@H](c2cc(F)c(Cl)cc2F)C2CC2)c1. The van der Waals surface area contributed by atoms with Crippen LogP contribution in [0.2, 0.25) is 5.02 Å². The lowest BCUT2D eigenvalue weighted by atomic mass is 9.69. The summed E-state index contributed by atoms with van der Waals surface area (Å²) < 4.78 is 53.6. The quantitative estimate of drug-likeness (QED) is 0.592. The predicted octanol–water partition coefficient (Wildman–Crippen LogP) is 4.07. The fraction of sp³-hybridized carbons (Fsp3) is 0.417. The first-order valence-electron chi connectivity index (χ1n) is 11.0. The van der Waals surface area contributed by atoms with Crippen LogP contribution in [-0.4, -0.2) is 43.5 Å². The van der Waals surface area contributed by atoms with Crippen molar-refractivity contribution in [1.82, 2.24) is 4.90 Å². The second kappa shape index (κ2) is 8.92. The number of carbonyl (C=O) groups excluding carboxylic acids is 2. The summed E-state index contributed by atoms with van der Waals surface area (Å²) in [5.41, 5.74) is 4.40. The molecular weight excluding hydrogens is 486 g/mol. The molecule has 0 radical (unpaired) electrons. The molecule has 6 nitrogen and oxygen atoms in total. The number of hydrogen-bond donors (Lipinski definition) is 1. The van der Waals surface area contributed by atoms with Crippen molar-refractivity contribution in [2.45, 2.75) is 48.5 Å². The molecule has 2 atom stereocenters. The summed E-state index contributed by atoms with van der Waals surface area (Å²) in [6.45, 7) is 0.172. The van der Waals surface area contributed by atoms with Crippen LogP contribution in [0, 0.1) is 17.6 Å². The zero-order valence-electron chi connectivity index (χ0n) is 18.6. The van der Waals surface area contributed by atoms with Gasteiger partial charge in [-0.2, -0.15) is 0 Å². The van der Waals surface area contributed by atoms with Crippen molar-refractivity contribution in [2.75, 3.05) is 12.8 Å². The van der Waals surface area contributed by atoms with E-state index in [2.05, 4.69) is 0 Å². The first-order chi connectivity index (χ1) is 16.0. The van der Waals surface area contributed by atoms with Crippen LogP contribution in [0.3, 0.4) is 0 Å². The van der Waals surface area contributed by atoms with Crippen molar-refractivity contribution in [3.8, 4) is 0 Å². The number of rotatable bonds is 6. The molecule has 2 N–H and O–H groups in total. The fourth-order valence-corrected chi connectivity index (χ4v) is 5.95. The normalized spacial score (nSPS) is 21.8. The second-order valence-electron chi connectivity index (χ2n) is 9.11. The molecular formula is C24H25ClF2N2O4S. The monoisotopic (exact) mass is 510 g/mol. The largest absolute Gasteiger partial charge is 0.368 e. The van der Waals surface area contributed by atoms with Crippen molar-refractivity contribution in [1.29, 1.82) is 0 Å². The second-order valence-corrected chi connectivity index (χ2v) is 11.5. The molecule has 0 bridgehead atoms. The molecule has 2 amide bonds. The maximum Gasteiger partial charge on any atom is 0.254 e. The highest BCUT2D eigenvalue weighted by Crippen LogP contribution is 2.54. The number of hydrogen-bond acceptors (Lipinski definition) is 4. The van der Waals surface area contributed by atoms with E-state index in [4.69, 9.17) is 17.3 Å². The Hall–Kier alpha value is -2.52. The Morgan fingerprint density at radius 1 is 1.15 bits per heavy atom. The molecule has 34 heavy (non-hydrogen) atoms. The highest BCUT2D eigenvalue weighted by Gasteiger charge is 2.57. The molecule has 1 aliphatic heterocycles. The molecule has 1 heterocycles. The van der Waals surface area contributed by atoms with E-state index in [1.54, 1.807) is 0 Å². The summed E-state index contributed by atoms with van der Waals surface area (Å²) >= 11 is 5.76. The third kappa shape index (κ3) is 4.31. The Morgan fingerprint density at radius 2 is 1.85 bits per heavy atom. The molecule has 10 heteroatoms. The Morgan fingerprint density at radius 3 is 2.47 bits per heavy atom. The van der Waals surface area contributed by atoms with Crippen LogP contribution in [0.15, 0.2) is 41.3 Å². The Bertz CT molecular complexity index is 1270. The van der Waals surface area contributed by atoms with Crippen LogP contribution in [0.25, 0.3) is 0 Å². The van der Waals surface area contributed by atoms with Gasteiger partial charge in [-0.15, -0.1) is 0 Å². The molecule has 4 rings (SSSR count). The Labute approximate surface area is 202 Å². The number of primary amides is 1. The molecule has 2 aromatic carbocycles. The maximum atomic E-state index is 15.1. The van der Waals surface area contributed by atoms with E-state index in [0.717, 1.165) is 18.4 Å². The molecule has 1 saturated carbocycles. The summed E-state index contributed by atoms with van der Waals surface area (Å²) in [6, 6.07) is 7.42. The van der Waals surface area contributed by atoms with E-state index in [1.807, 2.05) is 0 Å². The predicted molar refractivity (Wildman–Crippen MR) is 123 cm³/mol. The summed E-state index contributed by atoms with van der Waals surface area (Å²) in [5, 5.41) is -0.377. The molecule has 0 aromatic heterocycles. The van der Waals surface area contributed by atoms with Crippen LogP contribution in [-0.2, 0) is 14.6 Å². The van der Waals surface area contributed by atoms with E-state index < -0.39 is 44.7 Å². The molecule has 2 aromatic rings. The molecule has 1 saturated heterocycles. The van der Waals surface area contributed by atoms with Crippen molar-refractivity contribution < 1.29 is 26.8 Å². The first kappa shape index (κ1) is 24.6. The van der Waals surface area contributed by atoms with E-state index in [0.29, 0.717) is 25.7 Å². The summed E-state index contributed by atoms with van der Waals surface area (Å²) in [5.74, 6) is -3.99. The summed E-state index contributed by atoms with van der Waals surface area (Å²) in [7, 11) is -3.58. The van der Waals surface area contributed by atoms with Crippen molar-refractivity contribution in [2.24, 2.45) is 11.7 Å². The molecule has 0 spiro atoms. The number of amides is 2. The van der Waals surface area contributed by atoms with Crippen molar-refractivity contribution in [3.63, 3.8) is 0 Å². The number of nitrogens with two attached hydrogens (primary N) is 1. The zero-order valence-corrected chi connectivity index (χ0v) is 20.1. The zero-order chi connectivity index (χ0) is 24.8. The highest BCUT2D eigenvalue weighted by molar-refractivity contribution is 7.90. The van der Waals surface area contributed by atoms with Crippen LogP contribution < -0.4 is 5.73 Å². The first-order valence-corrected chi connectivity index (χ1v) is 13.3. The van der Waals surface area contributed by atoms with Gasteiger partial charge in [0.25, 0.3) is 5.91 Å². The Kier molecular flexibility index (Phi) is 6.46. The van der Waals surface area contributed by atoms with E-state index in [-0.39, 0.29) is 39.9 Å². The molecule has 1 aliphatic carbocycles. The summed E-state index contributed by atoms with van der Waals surface area (Å²) in [4.78, 5) is 28.2. The average Bonchev–Trinajstić information content (AvgIpc) is 3.61. The van der Waals surface area contributed by atoms with E-state index in [9.17, 15) is 22.4 Å². The van der Waals surface area contributed by atoms with Gasteiger partial charge < -0.3 is 10.6 Å². The molecule has 2 aliphatic rings. The highest BCUT2D eigenvalue weighted by atomic mass is 35.5. The lowest BCUT2D eigenvalue weighted by Gasteiger charge is -2.50. The number of carbonyl (C=O) groups is 2. The van der Waals surface area contributed by atoms with Gasteiger partial charge in [-0.1, -0.05) is 17.7 Å². The van der Waals surface area contributed by atoms with Crippen LogP contribution >= 0.6 is 11.6 Å². The molecule has 1 unspecified atom stereocenters. The number of halogens is 3. The van der Waals surface area contributed by atoms with Gasteiger partial charge in [-0.25, -0.2) is 17.2 Å². The van der Waals surface area contributed by atoms with Gasteiger partial charge in [0.2, 0.25) is 5.91 Å². The van der Waals surface area contributed by atoms with Gasteiger partial charge in [-0.05, 0) is 73.9 Å². The van der Waals surface area contributed by atoms with Gasteiger partial charge in [-0.3, -0.25) is 9.59 Å². The number of sulfone groups is 1. The fourth-order valence-electron chi connectivity index (χ4n) is 5.14. The lowest BCUT2D eigenvalue weighted by Crippen LogP contribution is -2.65. The number of likely N-dealkylation sites (tertiary alicyclic amines) is 1. The van der Waals surface area contributed by atoms with Gasteiger partial charge in [0.1, 0.15) is 17.2 Å². The van der Waals surface area contributed by atoms with Crippen LogP contribution in [0.4, 0.5) is 8.78 Å². The minimum Gasteiger partial charge on any atom is -0.368 e.